The minimum absolute atomic E-state index is 0.180. The highest BCUT2D eigenvalue weighted by Gasteiger charge is 2.46. The Bertz CT molecular complexity index is 563. The van der Waals surface area contributed by atoms with Crippen LogP contribution in [0.1, 0.15) is 18.7 Å². The quantitative estimate of drug-likeness (QED) is 0.938. The Balaban J connectivity index is 1.95. The van der Waals surface area contributed by atoms with E-state index in [4.69, 9.17) is 4.98 Å². The summed E-state index contributed by atoms with van der Waals surface area (Å²) in [5, 5.41) is 3.25. The van der Waals surface area contributed by atoms with E-state index in [1.54, 1.807) is 11.3 Å². The second-order valence-electron chi connectivity index (χ2n) is 4.68. The predicted molar refractivity (Wildman–Crippen MR) is 77.9 cm³/mol. The van der Waals surface area contributed by atoms with E-state index in [0.29, 0.717) is 0 Å². The normalized spacial score (nSPS) is 16.8. The van der Waals surface area contributed by atoms with E-state index in [2.05, 4.69) is 38.4 Å². The van der Waals surface area contributed by atoms with Crippen molar-refractivity contribution in [3.05, 3.63) is 34.0 Å². The number of likely N-dealkylation sites (N-methyl/N-ethyl adjacent to an activating group) is 1. The number of rotatable bonds is 4. The summed E-state index contributed by atoms with van der Waals surface area (Å²) in [5.41, 5.74) is 1.21. The summed E-state index contributed by atoms with van der Waals surface area (Å²) < 4.78 is 1.13. The van der Waals surface area contributed by atoms with E-state index >= 15 is 0 Å². The van der Waals surface area contributed by atoms with Crippen molar-refractivity contribution < 1.29 is 0 Å². The lowest BCUT2D eigenvalue weighted by Crippen LogP contribution is -2.25. The minimum Gasteiger partial charge on any atom is -0.319 e. The van der Waals surface area contributed by atoms with Crippen molar-refractivity contribution in [1.29, 1.82) is 0 Å². The lowest BCUT2D eigenvalue weighted by Gasteiger charge is -2.13. The Labute approximate surface area is 119 Å². The van der Waals surface area contributed by atoms with Crippen LogP contribution in [0.2, 0.25) is 0 Å². The Morgan fingerprint density at radius 1 is 1.39 bits per heavy atom. The number of halogens is 1. The molecule has 1 fully saturated rings. The van der Waals surface area contributed by atoms with Crippen molar-refractivity contribution in [1.82, 2.24) is 15.3 Å². The highest BCUT2D eigenvalue weighted by molar-refractivity contribution is 9.11. The molecule has 94 valence electrons. The van der Waals surface area contributed by atoms with Gasteiger partial charge in [-0.05, 0) is 54.0 Å². The van der Waals surface area contributed by atoms with Gasteiger partial charge in [-0.15, -0.1) is 11.3 Å². The van der Waals surface area contributed by atoms with Gasteiger partial charge in [0.15, 0.2) is 0 Å². The first kappa shape index (κ1) is 12.3. The summed E-state index contributed by atoms with van der Waals surface area (Å²) in [7, 11) is 1.99. The van der Waals surface area contributed by atoms with Crippen LogP contribution in [-0.4, -0.2) is 23.6 Å². The van der Waals surface area contributed by atoms with Crippen LogP contribution < -0.4 is 5.32 Å². The van der Waals surface area contributed by atoms with Crippen LogP contribution in [0.4, 0.5) is 0 Å². The molecule has 2 aromatic heterocycles. The van der Waals surface area contributed by atoms with Crippen molar-refractivity contribution in [2.45, 2.75) is 18.3 Å². The first-order chi connectivity index (χ1) is 8.73. The van der Waals surface area contributed by atoms with E-state index in [1.165, 1.54) is 17.7 Å². The van der Waals surface area contributed by atoms with E-state index < -0.39 is 0 Å². The standard InChI is InChI=1S/C13H14BrN3S/c1-15-8-13(5-6-13)12-16-7-4-9(17-12)10-2-3-11(14)18-10/h2-4,7,15H,5-6,8H2,1H3. The van der Waals surface area contributed by atoms with E-state index in [-0.39, 0.29) is 5.41 Å². The molecule has 2 aromatic rings. The topological polar surface area (TPSA) is 37.8 Å². The summed E-state index contributed by atoms with van der Waals surface area (Å²) in [6.07, 6.45) is 4.25. The molecular formula is C13H14BrN3S. The predicted octanol–water partition coefficient (Wildman–Crippen LogP) is 3.22. The zero-order chi connectivity index (χ0) is 12.6. The fourth-order valence-electron chi connectivity index (χ4n) is 2.17. The molecule has 0 amide bonds. The Hall–Kier alpha value is -0.780. The van der Waals surface area contributed by atoms with Gasteiger partial charge in [0.1, 0.15) is 5.82 Å². The van der Waals surface area contributed by atoms with Gasteiger partial charge in [-0.3, -0.25) is 0 Å². The van der Waals surface area contributed by atoms with E-state index in [9.17, 15) is 0 Å². The maximum absolute atomic E-state index is 4.75. The molecule has 0 bridgehead atoms. The lowest BCUT2D eigenvalue weighted by molar-refractivity contribution is 0.588. The third-order valence-corrected chi connectivity index (χ3v) is 4.97. The van der Waals surface area contributed by atoms with Crippen LogP contribution in [0.3, 0.4) is 0 Å². The van der Waals surface area contributed by atoms with Gasteiger partial charge in [0.2, 0.25) is 0 Å². The molecule has 18 heavy (non-hydrogen) atoms. The SMILES string of the molecule is CNCC1(c2nccc(-c3ccc(Br)s3)n2)CC1. The number of nitrogens with zero attached hydrogens (tertiary/aromatic N) is 2. The van der Waals surface area contributed by atoms with Crippen LogP contribution in [0.5, 0.6) is 0 Å². The Morgan fingerprint density at radius 2 is 2.22 bits per heavy atom. The van der Waals surface area contributed by atoms with Crippen molar-refractivity contribution in [3.8, 4) is 10.6 Å². The lowest BCUT2D eigenvalue weighted by atomic mass is 10.1. The summed E-state index contributed by atoms with van der Waals surface area (Å²) in [6, 6.07) is 6.14. The van der Waals surface area contributed by atoms with Crippen molar-refractivity contribution >= 4 is 27.3 Å². The second-order valence-corrected chi connectivity index (χ2v) is 7.14. The number of nitrogens with one attached hydrogen (secondary N) is 1. The van der Waals surface area contributed by atoms with Crippen LogP contribution in [-0.2, 0) is 5.41 Å². The molecule has 5 heteroatoms. The van der Waals surface area contributed by atoms with Crippen molar-refractivity contribution in [3.63, 3.8) is 0 Å². The van der Waals surface area contributed by atoms with Gasteiger partial charge in [-0.1, -0.05) is 0 Å². The van der Waals surface area contributed by atoms with E-state index in [1.807, 2.05) is 19.3 Å². The second kappa shape index (κ2) is 4.72. The molecular weight excluding hydrogens is 310 g/mol. The maximum Gasteiger partial charge on any atom is 0.136 e. The van der Waals surface area contributed by atoms with Gasteiger partial charge in [-0.25, -0.2) is 9.97 Å². The zero-order valence-corrected chi connectivity index (χ0v) is 12.5. The zero-order valence-electron chi connectivity index (χ0n) is 10.1. The first-order valence-corrected chi connectivity index (χ1v) is 7.58. The van der Waals surface area contributed by atoms with Crippen LogP contribution in [0.25, 0.3) is 10.6 Å². The fraction of sp³-hybridized carbons (Fsp3) is 0.385. The molecule has 1 aliphatic carbocycles. The number of hydrogen-bond acceptors (Lipinski definition) is 4. The molecule has 1 N–H and O–H groups in total. The van der Waals surface area contributed by atoms with Gasteiger partial charge >= 0.3 is 0 Å². The molecule has 1 aliphatic rings. The smallest absolute Gasteiger partial charge is 0.136 e. The molecule has 0 atom stereocenters. The van der Waals surface area contributed by atoms with Gasteiger partial charge < -0.3 is 5.32 Å². The third kappa shape index (κ3) is 2.22. The highest BCUT2D eigenvalue weighted by Crippen LogP contribution is 2.46. The number of aromatic nitrogens is 2. The summed E-state index contributed by atoms with van der Waals surface area (Å²) in [4.78, 5) is 10.4. The van der Waals surface area contributed by atoms with Crippen molar-refractivity contribution in [2.24, 2.45) is 0 Å². The molecule has 0 spiro atoms. The molecule has 1 saturated carbocycles. The molecule has 0 saturated heterocycles. The average Bonchev–Trinajstić information content (AvgIpc) is 3.04. The summed E-state index contributed by atoms with van der Waals surface area (Å²) in [5.74, 6) is 0.985. The largest absolute Gasteiger partial charge is 0.319 e. The van der Waals surface area contributed by atoms with Gasteiger partial charge in [0.25, 0.3) is 0 Å². The number of thiophene rings is 1. The third-order valence-electron chi connectivity index (χ3n) is 3.32. The Kier molecular flexibility index (Phi) is 3.21. The van der Waals surface area contributed by atoms with Crippen LogP contribution in [0, 0.1) is 0 Å². The molecule has 0 aliphatic heterocycles. The molecule has 3 rings (SSSR count). The van der Waals surface area contributed by atoms with Crippen LogP contribution in [0.15, 0.2) is 28.2 Å². The monoisotopic (exact) mass is 323 g/mol. The Morgan fingerprint density at radius 3 is 2.83 bits per heavy atom. The van der Waals surface area contributed by atoms with Gasteiger partial charge in [-0.2, -0.15) is 0 Å². The van der Waals surface area contributed by atoms with E-state index in [0.717, 1.165) is 21.8 Å². The molecule has 3 nitrogen and oxygen atoms in total. The van der Waals surface area contributed by atoms with Gasteiger partial charge in [0, 0.05) is 18.2 Å². The summed E-state index contributed by atoms with van der Waals surface area (Å²) in [6.45, 7) is 0.963. The highest BCUT2D eigenvalue weighted by atomic mass is 79.9. The molecule has 2 heterocycles. The molecule has 0 radical (unpaired) electrons. The van der Waals surface area contributed by atoms with Crippen LogP contribution >= 0.6 is 27.3 Å². The number of hydrogen-bond donors (Lipinski definition) is 1. The van der Waals surface area contributed by atoms with Crippen molar-refractivity contribution in [2.75, 3.05) is 13.6 Å². The summed E-state index contributed by atoms with van der Waals surface area (Å²) >= 11 is 5.19. The fourth-order valence-corrected chi connectivity index (χ4v) is 3.53. The molecule has 0 unspecified atom stereocenters. The van der Waals surface area contributed by atoms with Gasteiger partial charge in [0.05, 0.1) is 14.4 Å². The maximum atomic E-state index is 4.75. The first-order valence-electron chi connectivity index (χ1n) is 5.97. The molecule has 0 aromatic carbocycles. The average molecular weight is 324 g/mol. The minimum atomic E-state index is 0.180.